The Hall–Kier alpha value is -0.750. The van der Waals surface area contributed by atoms with Gasteiger partial charge in [0.1, 0.15) is 0 Å². The normalized spacial score (nSPS) is 10.0. The Labute approximate surface area is 85.2 Å². The second-order valence-corrected chi connectivity index (χ2v) is 3.58. The molecule has 0 unspecified atom stereocenters. The first-order chi connectivity index (χ1) is 6.27. The molecule has 0 saturated carbocycles. The van der Waals surface area contributed by atoms with Crippen LogP contribution >= 0.6 is 11.6 Å². The molecule has 1 heteroatoms. The zero-order valence-corrected chi connectivity index (χ0v) is 8.77. The fraction of sp³-hybridized carbons (Fsp3) is 0.333. The summed E-state index contributed by atoms with van der Waals surface area (Å²) in [5, 5.41) is 0. The zero-order chi connectivity index (χ0) is 9.68. The summed E-state index contributed by atoms with van der Waals surface area (Å²) in [4.78, 5) is 0. The van der Waals surface area contributed by atoms with E-state index in [9.17, 15) is 0 Å². The van der Waals surface area contributed by atoms with E-state index in [0.29, 0.717) is 0 Å². The quantitative estimate of drug-likeness (QED) is 0.640. The van der Waals surface area contributed by atoms with Crippen LogP contribution in [0.5, 0.6) is 0 Å². The third-order valence-electron chi connectivity index (χ3n) is 2.10. The minimum atomic E-state index is 0.727. The summed E-state index contributed by atoms with van der Waals surface area (Å²) in [5.41, 5.74) is 3.89. The maximum absolute atomic E-state index is 5.66. The molecule has 1 rings (SSSR count). The molecule has 0 aromatic heterocycles. The van der Waals surface area contributed by atoms with Crippen molar-refractivity contribution in [2.24, 2.45) is 0 Å². The Morgan fingerprint density at radius 1 is 1.46 bits per heavy atom. The van der Waals surface area contributed by atoms with Gasteiger partial charge in [-0.1, -0.05) is 36.4 Å². The number of halogens is 1. The predicted octanol–water partition coefficient (Wildman–Crippen LogP) is 3.81. The van der Waals surface area contributed by atoms with Gasteiger partial charge >= 0.3 is 0 Å². The lowest BCUT2D eigenvalue weighted by molar-refractivity contribution is 0.924. The van der Waals surface area contributed by atoms with Gasteiger partial charge in [0.15, 0.2) is 0 Å². The highest BCUT2D eigenvalue weighted by atomic mass is 35.5. The van der Waals surface area contributed by atoms with Crippen LogP contribution in [0.2, 0.25) is 0 Å². The van der Waals surface area contributed by atoms with Crippen molar-refractivity contribution in [1.82, 2.24) is 0 Å². The SMILES string of the molecule is C=Cc1ccc(C)cc1CCCCl. The molecule has 0 nitrogen and oxygen atoms in total. The topological polar surface area (TPSA) is 0 Å². The standard InChI is InChI=1S/C12H15Cl/c1-3-11-7-6-10(2)9-12(11)5-4-8-13/h3,6-7,9H,1,4-5,8H2,2H3. The molecular weight excluding hydrogens is 180 g/mol. The molecule has 0 aliphatic carbocycles. The lowest BCUT2D eigenvalue weighted by Gasteiger charge is -2.05. The molecule has 1 aromatic rings. The van der Waals surface area contributed by atoms with Gasteiger partial charge in [0.25, 0.3) is 0 Å². The summed E-state index contributed by atoms with van der Waals surface area (Å²) in [6.07, 6.45) is 3.99. The van der Waals surface area contributed by atoms with Crippen molar-refractivity contribution in [2.45, 2.75) is 19.8 Å². The molecule has 13 heavy (non-hydrogen) atoms. The molecule has 0 spiro atoms. The van der Waals surface area contributed by atoms with E-state index < -0.39 is 0 Å². The molecule has 0 aliphatic heterocycles. The molecule has 1 aromatic carbocycles. The molecular formula is C12H15Cl. The second kappa shape index (κ2) is 5.08. The van der Waals surface area contributed by atoms with Crippen molar-refractivity contribution in [3.05, 3.63) is 41.5 Å². The maximum Gasteiger partial charge on any atom is 0.0226 e. The van der Waals surface area contributed by atoms with E-state index in [4.69, 9.17) is 11.6 Å². The highest BCUT2D eigenvalue weighted by molar-refractivity contribution is 6.17. The summed E-state index contributed by atoms with van der Waals surface area (Å²) in [6, 6.07) is 6.44. The van der Waals surface area contributed by atoms with Crippen LogP contribution in [0.4, 0.5) is 0 Å². The van der Waals surface area contributed by atoms with Gasteiger partial charge in [-0.15, -0.1) is 11.6 Å². The van der Waals surface area contributed by atoms with Crippen LogP contribution in [-0.4, -0.2) is 5.88 Å². The lowest BCUT2D eigenvalue weighted by Crippen LogP contribution is -1.91. The Morgan fingerprint density at radius 3 is 2.85 bits per heavy atom. The van der Waals surface area contributed by atoms with Crippen molar-refractivity contribution in [1.29, 1.82) is 0 Å². The highest BCUT2D eigenvalue weighted by Crippen LogP contribution is 2.15. The van der Waals surface area contributed by atoms with Crippen molar-refractivity contribution >= 4 is 17.7 Å². The monoisotopic (exact) mass is 194 g/mol. The minimum absolute atomic E-state index is 0.727. The fourth-order valence-electron chi connectivity index (χ4n) is 1.41. The highest BCUT2D eigenvalue weighted by Gasteiger charge is 1.98. The number of aryl methyl sites for hydroxylation is 2. The van der Waals surface area contributed by atoms with Crippen molar-refractivity contribution in [2.75, 3.05) is 5.88 Å². The van der Waals surface area contributed by atoms with Crippen LogP contribution in [-0.2, 0) is 6.42 Å². The van der Waals surface area contributed by atoms with Gasteiger partial charge in [-0.25, -0.2) is 0 Å². The predicted molar refractivity (Wildman–Crippen MR) is 60.3 cm³/mol. The van der Waals surface area contributed by atoms with E-state index in [1.165, 1.54) is 16.7 Å². The van der Waals surface area contributed by atoms with E-state index in [0.717, 1.165) is 18.7 Å². The van der Waals surface area contributed by atoms with E-state index in [1.807, 2.05) is 6.08 Å². The molecule has 0 amide bonds. The van der Waals surface area contributed by atoms with E-state index >= 15 is 0 Å². The summed E-state index contributed by atoms with van der Waals surface area (Å²) in [6.45, 7) is 5.90. The third-order valence-corrected chi connectivity index (χ3v) is 2.37. The second-order valence-electron chi connectivity index (χ2n) is 3.20. The van der Waals surface area contributed by atoms with Gasteiger partial charge < -0.3 is 0 Å². The average Bonchev–Trinajstić information content (AvgIpc) is 2.15. The van der Waals surface area contributed by atoms with Gasteiger partial charge in [-0.2, -0.15) is 0 Å². The summed E-state index contributed by atoms with van der Waals surface area (Å²) >= 11 is 5.66. The van der Waals surface area contributed by atoms with Crippen LogP contribution in [0.25, 0.3) is 6.08 Å². The van der Waals surface area contributed by atoms with Crippen LogP contribution in [0.3, 0.4) is 0 Å². The van der Waals surface area contributed by atoms with E-state index in [1.54, 1.807) is 0 Å². The van der Waals surface area contributed by atoms with E-state index in [-0.39, 0.29) is 0 Å². The number of benzene rings is 1. The molecule has 0 radical (unpaired) electrons. The Balaban J connectivity index is 2.87. The molecule has 0 fully saturated rings. The van der Waals surface area contributed by atoms with Crippen molar-refractivity contribution < 1.29 is 0 Å². The minimum Gasteiger partial charge on any atom is -0.127 e. The third kappa shape index (κ3) is 2.89. The molecule has 0 heterocycles. The number of alkyl halides is 1. The van der Waals surface area contributed by atoms with Crippen molar-refractivity contribution in [3.8, 4) is 0 Å². The maximum atomic E-state index is 5.66. The summed E-state index contributed by atoms with van der Waals surface area (Å²) in [5.74, 6) is 0.727. The molecule has 0 bridgehead atoms. The molecule has 0 aliphatic rings. The lowest BCUT2D eigenvalue weighted by atomic mass is 10.0. The van der Waals surface area contributed by atoms with Gasteiger partial charge in [0, 0.05) is 5.88 Å². The first-order valence-corrected chi connectivity index (χ1v) is 5.09. The van der Waals surface area contributed by atoms with Crippen LogP contribution < -0.4 is 0 Å². The van der Waals surface area contributed by atoms with E-state index in [2.05, 4.69) is 31.7 Å². The number of hydrogen-bond acceptors (Lipinski definition) is 0. The number of hydrogen-bond donors (Lipinski definition) is 0. The van der Waals surface area contributed by atoms with Crippen LogP contribution in [0.1, 0.15) is 23.1 Å². The summed E-state index contributed by atoms with van der Waals surface area (Å²) < 4.78 is 0. The first kappa shape index (κ1) is 10.3. The Bertz CT molecular complexity index is 289. The average molecular weight is 195 g/mol. The Kier molecular flexibility index (Phi) is 4.04. The fourth-order valence-corrected chi connectivity index (χ4v) is 1.54. The van der Waals surface area contributed by atoms with Gasteiger partial charge in [-0.05, 0) is 30.9 Å². The van der Waals surface area contributed by atoms with Crippen LogP contribution in [0.15, 0.2) is 24.8 Å². The molecule has 0 N–H and O–H groups in total. The number of rotatable bonds is 4. The van der Waals surface area contributed by atoms with Gasteiger partial charge in [0.2, 0.25) is 0 Å². The first-order valence-electron chi connectivity index (χ1n) is 4.56. The largest absolute Gasteiger partial charge is 0.127 e. The molecule has 0 atom stereocenters. The van der Waals surface area contributed by atoms with Gasteiger partial charge in [-0.3, -0.25) is 0 Å². The van der Waals surface area contributed by atoms with Gasteiger partial charge in [0.05, 0.1) is 0 Å². The summed E-state index contributed by atoms with van der Waals surface area (Å²) in [7, 11) is 0. The molecule has 70 valence electrons. The smallest absolute Gasteiger partial charge is 0.0226 e. The van der Waals surface area contributed by atoms with Crippen LogP contribution in [0, 0.1) is 6.92 Å². The van der Waals surface area contributed by atoms with Crippen molar-refractivity contribution in [3.63, 3.8) is 0 Å². The Morgan fingerprint density at radius 2 is 2.23 bits per heavy atom. The molecule has 0 saturated heterocycles. The zero-order valence-electron chi connectivity index (χ0n) is 8.02.